The first kappa shape index (κ1) is 29.1. The van der Waals surface area contributed by atoms with Gasteiger partial charge in [-0.25, -0.2) is 14.4 Å². The molecule has 10 heteroatoms. The summed E-state index contributed by atoms with van der Waals surface area (Å²) in [6.07, 6.45) is -2.08. The normalized spacial score (nSPS) is 24.7. The van der Waals surface area contributed by atoms with Crippen molar-refractivity contribution in [1.82, 2.24) is 4.90 Å². The molecule has 1 heterocycles. The quantitative estimate of drug-likeness (QED) is 0.323. The molecule has 0 aromatic heterocycles. The van der Waals surface area contributed by atoms with Gasteiger partial charge in [0.25, 0.3) is 0 Å². The molecule has 4 atom stereocenters. The molecular formula is C23H41NO9. The predicted molar refractivity (Wildman–Crippen MR) is 120 cm³/mol. The van der Waals surface area contributed by atoms with E-state index in [2.05, 4.69) is 0 Å². The molecule has 10 nitrogen and oxygen atoms in total. The number of imide groups is 1. The second-order valence-corrected chi connectivity index (χ2v) is 9.99. The number of carbonyl (C=O) groups excluding carboxylic acids is 3. The summed E-state index contributed by atoms with van der Waals surface area (Å²) in [6.45, 7) is 13.9. The minimum Gasteiger partial charge on any atom is -0.458 e. The number of methoxy groups -OCH3 is 1. The van der Waals surface area contributed by atoms with Gasteiger partial charge in [-0.3, -0.25) is 0 Å². The van der Waals surface area contributed by atoms with Gasteiger partial charge in [-0.15, -0.1) is 0 Å². The third-order valence-electron chi connectivity index (χ3n) is 4.56. The number of amides is 2. The minimum absolute atomic E-state index is 0.0795. The van der Waals surface area contributed by atoms with Gasteiger partial charge in [0.1, 0.15) is 29.5 Å². The number of hydrogen-bond donors (Lipinski definition) is 0. The lowest BCUT2D eigenvalue weighted by Crippen LogP contribution is -2.54. The fourth-order valence-electron chi connectivity index (χ4n) is 3.09. The molecule has 0 N–H and O–H groups in total. The summed E-state index contributed by atoms with van der Waals surface area (Å²) in [7, 11) is 1.49. The standard InChI is InChI=1S/C23H41NO9/c1-10-11-12-30-17-14-29-13-16(19(25)31-15(2)18(17)28-9)24(20(26)32-22(3,4)5)21(27)33-23(6,7)8/h15-18H,10-14H2,1-9H3/t15-,16?,17-,18-/m0/s1. The number of unbranched alkanes of at least 4 members (excludes halogenated alkanes) is 1. The first-order valence-corrected chi connectivity index (χ1v) is 11.4. The van der Waals surface area contributed by atoms with E-state index in [4.69, 9.17) is 28.4 Å². The number of rotatable bonds is 6. The Hall–Kier alpha value is -1.91. The summed E-state index contributed by atoms with van der Waals surface area (Å²) in [5.74, 6) is -0.838. The monoisotopic (exact) mass is 475 g/mol. The van der Waals surface area contributed by atoms with Gasteiger partial charge >= 0.3 is 18.2 Å². The topological polar surface area (TPSA) is 110 Å². The highest BCUT2D eigenvalue weighted by Gasteiger charge is 2.44. The van der Waals surface area contributed by atoms with E-state index in [1.807, 2.05) is 6.92 Å². The molecule has 0 saturated carbocycles. The van der Waals surface area contributed by atoms with Crippen molar-refractivity contribution in [3.05, 3.63) is 0 Å². The summed E-state index contributed by atoms with van der Waals surface area (Å²) in [5, 5.41) is 0. The van der Waals surface area contributed by atoms with Crippen LogP contribution in [0.1, 0.15) is 68.2 Å². The predicted octanol–water partition coefficient (Wildman–Crippen LogP) is 3.69. The summed E-state index contributed by atoms with van der Waals surface area (Å²) >= 11 is 0. The van der Waals surface area contributed by atoms with Crippen molar-refractivity contribution >= 4 is 18.2 Å². The SMILES string of the molecule is CCCCO[C@H]1COCC(N(C(=O)OC(C)(C)C)C(=O)OC(C)(C)C)C(=O)O[C@@H](C)[C@@H]1OC. The zero-order valence-corrected chi connectivity index (χ0v) is 21.5. The van der Waals surface area contributed by atoms with Gasteiger partial charge in [-0.1, -0.05) is 13.3 Å². The summed E-state index contributed by atoms with van der Waals surface area (Å²) in [6, 6.07) is -1.41. The fourth-order valence-corrected chi connectivity index (χ4v) is 3.09. The maximum absolute atomic E-state index is 13.1. The molecule has 0 spiro atoms. The van der Waals surface area contributed by atoms with Crippen LogP contribution >= 0.6 is 0 Å². The first-order chi connectivity index (χ1) is 15.2. The van der Waals surface area contributed by atoms with Gasteiger partial charge in [-0.2, -0.15) is 4.90 Å². The molecule has 0 bridgehead atoms. The molecule has 0 aliphatic carbocycles. The summed E-state index contributed by atoms with van der Waals surface area (Å²) < 4.78 is 33.5. The molecule has 192 valence electrons. The average molecular weight is 476 g/mol. The van der Waals surface area contributed by atoms with Crippen LogP contribution in [0.2, 0.25) is 0 Å². The highest BCUT2D eigenvalue weighted by molar-refractivity contribution is 5.94. The molecule has 1 rings (SSSR count). The van der Waals surface area contributed by atoms with Crippen molar-refractivity contribution in [2.24, 2.45) is 0 Å². The third kappa shape index (κ3) is 9.85. The van der Waals surface area contributed by atoms with Crippen molar-refractivity contribution in [2.45, 2.75) is 104 Å². The lowest BCUT2D eigenvalue weighted by molar-refractivity contribution is -0.166. The van der Waals surface area contributed by atoms with Gasteiger partial charge in [0.15, 0.2) is 6.04 Å². The molecule has 0 aromatic carbocycles. The molecule has 33 heavy (non-hydrogen) atoms. The number of hydrogen-bond acceptors (Lipinski definition) is 9. The second-order valence-electron chi connectivity index (χ2n) is 9.99. The van der Waals surface area contributed by atoms with Crippen LogP contribution in [-0.4, -0.2) is 85.5 Å². The van der Waals surface area contributed by atoms with E-state index < -0.39 is 53.7 Å². The molecule has 1 unspecified atom stereocenters. The third-order valence-corrected chi connectivity index (χ3v) is 4.56. The van der Waals surface area contributed by atoms with Crippen LogP contribution in [0.5, 0.6) is 0 Å². The van der Waals surface area contributed by atoms with Crippen LogP contribution in [-0.2, 0) is 33.2 Å². The van der Waals surface area contributed by atoms with E-state index in [0.29, 0.717) is 11.5 Å². The molecule has 0 aromatic rings. The van der Waals surface area contributed by atoms with Crippen molar-refractivity contribution in [1.29, 1.82) is 0 Å². The Morgan fingerprint density at radius 2 is 1.58 bits per heavy atom. The van der Waals surface area contributed by atoms with Crippen molar-refractivity contribution in [2.75, 3.05) is 26.9 Å². The molecule has 0 radical (unpaired) electrons. The zero-order chi connectivity index (χ0) is 25.4. The highest BCUT2D eigenvalue weighted by atomic mass is 16.6. The first-order valence-electron chi connectivity index (χ1n) is 11.4. The molecule has 1 aliphatic rings. The van der Waals surface area contributed by atoms with Crippen molar-refractivity contribution in [3.63, 3.8) is 0 Å². The number of cyclic esters (lactones) is 1. The van der Waals surface area contributed by atoms with Crippen LogP contribution in [0.3, 0.4) is 0 Å². The van der Waals surface area contributed by atoms with E-state index >= 15 is 0 Å². The summed E-state index contributed by atoms with van der Waals surface area (Å²) in [5.41, 5.74) is -1.82. The Balaban J connectivity index is 3.22. The van der Waals surface area contributed by atoms with E-state index in [0.717, 1.165) is 12.8 Å². The number of ether oxygens (including phenoxy) is 6. The average Bonchev–Trinajstić information content (AvgIpc) is 2.68. The molecule has 1 aliphatic heterocycles. The smallest absolute Gasteiger partial charge is 0.420 e. The van der Waals surface area contributed by atoms with E-state index in [9.17, 15) is 14.4 Å². The Kier molecular flexibility index (Phi) is 11.1. The van der Waals surface area contributed by atoms with Crippen LogP contribution < -0.4 is 0 Å². The maximum Gasteiger partial charge on any atom is 0.420 e. The van der Waals surface area contributed by atoms with Gasteiger partial charge < -0.3 is 28.4 Å². The lowest BCUT2D eigenvalue weighted by atomic mass is 10.1. The Labute approximate surface area is 197 Å². The van der Waals surface area contributed by atoms with Crippen LogP contribution in [0.15, 0.2) is 0 Å². The van der Waals surface area contributed by atoms with Gasteiger partial charge in [0.05, 0.1) is 13.2 Å². The fraction of sp³-hybridized carbons (Fsp3) is 0.870. The van der Waals surface area contributed by atoms with E-state index in [1.165, 1.54) is 7.11 Å². The number of esters is 1. The molecule has 2 amide bonds. The van der Waals surface area contributed by atoms with E-state index in [1.54, 1.807) is 48.5 Å². The van der Waals surface area contributed by atoms with Crippen molar-refractivity contribution in [3.8, 4) is 0 Å². The largest absolute Gasteiger partial charge is 0.458 e. The van der Waals surface area contributed by atoms with Crippen LogP contribution in [0, 0.1) is 0 Å². The molecule has 1 fully saturated rings. The van der Waals surface area contributed by atoms with Crippen molar-refractivity contribution < 1.29 is 42.8 Å². The number of carbonyl (C=O) groups is 3. The summed E-state index contributed by atoms with van der Waals surface area (Å²) in [4.78, 5) is 39.6. The molecule has 1 saturated heterocycles. The van der Waals surface area contributed by atoms with Crippen LogP contribution in [0.4, 0.5) is 9.59 Å². The minimum atomic E-state index is -1.41. The van der Waals surface area contributed by atoms with E-state index in [-0.39, 0.29) is 13.2 Å². The lowest BCUT2D eigenvalue weighted by Gasteiger charge is -2.32. The Bertz CT molecular complexity index is 625. The Morgan fingerprint density at radius 3 is 2.03 bits per heavy atom. The number of nitrogens with zero attached hydrogens (tertiary/aromatic N) is 1. The highest BCUT2D eigenvalue weighted by Crippen LogP contribution is 2.21. The van der Waals surface area contributed by atoms with Crippen LogP contribution in [0.25, 0.3) is 0 Å². The van der Waals surface area contributed by atoms with Gasteiger partial charge in [0, 0.05) is 13.7 Å². The maximum atomic E-state index is 13.1. The Morgan fingerprint density at radius 1 is 1.03 bits per heavy atom. The zero-order valence-electron chi connectivity index (χ0n) is 21.5. The van der Waals surface area contributed by atoms with Gasteiger partial charge in [0.2, 0.25) is 0 Å². The van der Waals surface area contributed by atoms with Gasteiger partial charge in [-0.05, 0) is 54.9 Å². The molecular weight excluding hydrogens is 434 g/mol. The second kappa shape index (κ2) is 12.5.